The van der Waals surface area contributed by atoms with E-state index in [0.717, 1.165) is 29.3 Å². The molecule has 1 aromatic heterocycles. The van der Waals surface area contributed by atoms with Gasteiger partial charge in [-0.1, -0.05) is 37.5 Å². The van der Waals surface area contributed by atoms with E-state index >= 15 is 0 Å². The van der Waals surface area contributed by atoms with E-state index in [4.69, 9.17) is 0 Å². The van der Waals surface area contributed by atoms with Gasteiger partial charge in [0.15, 0.2) is 0 Å². The van der Waals surface area contributed by atoms with Crippen molar-refractivity contribution in [2.24, 2.45) is 0 Å². The Morgan fingerprint density at radius 3 is 2.70 bits per heavy atom. The standard InChI is InChI=1S/C17H20N2O/c1-19(13-7-3-2-4-8-13)17(20)15-11-12-18-16-10-6-5-9-14(15)16/h5-6,9-13H,2-4,7-8H2,1H3. The quantitative estimate of drug-likeness (QED) is 0.833. The van der Waals surface area contributed by atoms with Gasteiger partial charge < -0.3 is 4.90 Å². The zero-order valence-electron chi connectivity index (χ0n) is 11.9. The number of pyridine rings is 1. The number of carbonyl (C=O) groups excluding carboxylic acids is 1. The summed E-state index contributed by atoms with van der Waals surface area (Å²) in [5, 5.41) is 0.947. The fourth-order valence-corrected chi connectivity index (χ4v) is 3.11. The Morgan fingerprint density at radius 1 is 1.15 bits per heavy atom. The van der Waals surface area contributed by atoms with Gasteiger partial charge in [0.05, 0.1) is 11.1 Å². The van der Waals surface area contributed by atoms with Crippen LogP contribution in [0.3, 0.4) is 0 Å². The monoisotopic (exact) mass is 268 g/mol. The van der Waals surface area contributed by atoms with Gasteiger partial charge in [-0.15, -0.1) is 0 Å². The van der Waals surface area contributed by atoms with Gasteiger partial charge in [0, 0.05) is 24.7 Å². The van der Waals surface area contributed by atoms with Crippen LogP contribution in [0.5, 0.6) is 0 Å². The highest BCUT2D eigenvalue weighted by Gasteiger charge is 2.23. The summed E-state index contributed by atoms with van der Waals surface area (Å²) >= 11 is 0. The second kappa shape index (κ2) is 5.61. The van der Waals surface area contributed by atoms with E-state index in [1.54, 1.807) is 6.20 Å². The number of carbonyl (C=O) groups is 1. The number of fused-ring (bicyclic) bond motifs is 1. The van der Waals surface area contributed by atoms with Gasteiger partial charge >= 0.3 is 0 Å². The van der Waals surface area contributed by atoms with Crippen LogP contribution < -0.4 is 0 Å². The second-order valence-electron chi connectivity index (χ2n) is 5.58. The smallest absolute Gasteiger partial charge is 0.254 e. The van der Waals surface area contributed by atoms with E-state index in [2.05, 4.69) is 4.98 Å². The van der Waals surface area contributed by atoms with Gasteiger partial charge in [-0.3, -0.25) is 9.78 Å². The molecule has 0 unspecified atom stereocenters. The Balaban J connectivity index is 1.92. The zero-order valence-corrected chi connectivity index (χ0v) is 11.9. The lowest BCUT2D eigenvalue weighted by atomic mass is 9.94. The molecule has 1 aromatic carbocycles. The summed E-state index contributed by atoms with van der Waals surface area (Å²) in [5.74, 6) is 0.121. The van der Waals surface area contributed by atoms with Crippen LogP contribution in [0, 0.1) is 0 Å². The molecule has 104 valence electrons. The van der Waals surface area contributed by atoms with E-state index < -0.39 is 0 Å². The molecule has 0 aliphatic heterocycles. The van der Waals surface area contributed by atoms with Gasteiger partial charge in [0.1, 0.15) is 0 Å². The predicted molar refractivity (Wildman–Crippen MR) is 80.7 cm³/mol. The molecule has 3 nitrogen and oxygen atoms in total. The Labute approximate surface area is 119 Å². The van der Waals surface area contributed by atoms with Gasteiger partial charge in [0.2, 0.25) is 0 Å². The van der Waals surface area contributed by atoms with E-state index in [1.165, 1.54) is 19.3 Å². The third-order valence-electron chi connectivity index (χ3n) is 4.32. The van der Waals surface area contributed by atoms with Crippen molar-refractivity contribution in [2.45, 2.75) is 38.1 Å². The van der Waals surface area contributed by atoms with Gasteiger partial charge in [-0.05, 0) is 25.0 Å². The lowest BCUT2D eigenvalue weighted by Gasteiger charge is -2.31. The van der Waals surface area contributed by atoms with Crippen molar-refractivity contribution in [2.75, 3.05) is 7.05 Å². The minimum Gasteiger partial charge on any atom is -0.339 e. The average Bonchev–Trinajstić information content (AvgIpc) is 2.54. The van der Waals surface area contributed by atoms with Crippen LogP contribution in [-0.4, -0.2) is 28.9 Å². The lowest BCUT2D eigenvalue weighted by Crippen LogP contribution is -2.38. The van der Waals surface area contributed by atoms with Crippen molar-refractivity contribution in [1.29, 1.82) is 0 Å². The largest absolute Gasteiger partial charge is 0.339 e. The van der Waals surface area contributed by atoms with Crippen LogP contribution in [0.2, 0.25) is 0 Å². The second-order valence-corrected chi connectivity index (χ2v) is 5.58. The van der Waals surface area contributed by atoms with E-state index in [0.29, 0.717) is 6.04 Å². The van der Waals surface area contributed by atoms with Crippen LogP contribution in [0.15, 0.2) is 36.5 Å². The van der Waals surface area contributed by atoms with Crippen LogP contribution in [-0.2, 0) is 0 Å². The molecule has 0 atom stereocenters. The van der Waals surface area contributed by atoms with Crippen LogP contribution >= 0.6 is 0 Å². The van der Waals surface area contributed by atoms with Crippen molar-refractivity contribution in [3.8, 4) is 0 Å². The molecule has 3 heteroatoms. The summed E-state index contributed by atoms with van der Waals surface area (Å²) in [4.78, 5) is 19.0. The number of benzene rings is 1. The van der Waals surface area contributed by atoms with Gasteiger partial charge in [-0.25, -0.2) is 0 Å². The molecule has 1 saturated carbocycles. The summed E-state index contributed by atoms with van der Waals surface area (Å²) in [6, 6.07) is 10.1. The summed E-state index contributed by atoms with van der Waals surface area (Å²) in [7, 11) is 1.94. The molecule has 3 rings (SSSR count). The first kappa shape index (κ1) is 13.1. The van der Waals surface area contributed by atoms with E-state index in [9.17, 15) is 4.79 Å². The maximum atomic E-state index is 12.8. The number of hydrogen-bond donors (Lipinski definition) is 0. The predicted octanol–water partition coefficient (Wildman–Crippen LogP) is 3.64. The van der Waals surface area contributed by atoms with Crippen molar-refractivity contribution in [3.05, 3.63) is 42.1 Å². The van der Waals surface area contributed by atoms with E-state index in [1.807, 2.05) is 42.3 Å². The number of para-hydroxylation sites is 1. The lowest BCUT2D eigenvalue weighted by molar-refractivity contribution is 0.0698. The normalized spacial score (nSPS) is 16.2. The number of hydrogen-bond acceptors (Lipinski definition) is 2. The third-order valence-corrected chi connectivity index (χ3v) is 4.32. The molecule has 1 aliphatic rings. The Hall–Kier alpha value is -1.90. The molecule has 0 radical (unpaired) electrons. The van der Waals surface area contributed by atoms with Crippen molar-refractivity contribution < 1.29 is 4.79 Å². The number of rotatable bonds is 2. The SMILES string of the molecule is CN(C(=O)c1ccnc2ccccc12)C1CCCCC1. The Bertz CT molecular complexity index is 612. The number of nitrogens with zero attached hydrogens (tertiary/aromatic N) is 2. The first-order chi connectivity index (χ1) is 9.77. The Morgan fingerprint density at radius 2 is 1.90 bits per heavy atom. The van der Waals surface area contributed by atoms with Crippen molar-refractivity contribution >= 4 is 16.8 Å². The highest BCUT2D eigenvalue weighted by Crippen LogP contribution is 2.24. The van der Waals surface area contributed by atoms with Gasteiger partial charge in [0.25, 0.3) is 5.91 Å². The summed E-state index contributed by atoms with van der Waals surface area (Å²) in [5.41, 5.74) is 1.65. The molecular weight excluding hydrogens is 248 g/mol. The average molecular weight is 268 g/mol. The zero-order chi connectivity index (χ0) is 13.9. The third kappa shape index (κ3) is 2.40. The molecular formula is C17H20N2O. The molecule has 1 aliphatic carbocycles. The van der Waals surface area contributed by atoms with Crippen molar-refractivity contribution in [3.63, 3.8) is 0 Å². The maximum Gasteiger partial charge on any atom is 0.254 e. The van der Waals surface area contributed by atoms with Crippen LogP contribution in [0.1, 0.15) is 42.5 Å². The number of aromatic nitrogens is 1. The maximum absolute atomic E-state index is 12.8. The summed E-state index contributed by atoms with van der Waals surface area (Å²) in [6.07, 6.45) is 7.76. The minimum atomic E-state index is 0.121. The molecule has 0 N–H and O–H groups in total. The van der Waals surface area contributed by atoms with Gasteiger partial charge in [-0.2, -0.15) is 0 Å². The first-order valence-electron chi connectivity index (χ1n) is 7.38. The highest BCUT2D eigenvalue weighted by molar-refractivity contribution is 6.05. The topological polar surface area (TPSA) is 33.2 Å². The number of amides is 1. The Kier molecular flexibility index (Phi) is 3.68. The summed E-state index contributed by atoms with van der Waals surface area (Å²) < 4.78 is 0. The fourth-order valence-electron chi connectivity index (χ4n) is 3.11. The molecule has 1 amide bonds. The highest BCUT2D eigenvalue weighted by atomic mass is 16.2. The summed E-state index contributed by atoms with van der Waals surface area (Å²) in [6.45, 7) is 0. The molecule has 1 fully saturated rings. The molecule has 2 aromatic rings. The molecule has 0 bridgehead atoms. The first-order valence-corrected chi connectivity index (χ1v) is 7.38. The molecule has 0 saturated heterocycles. The molecule has 0 spiro atoms. The molecule has 20 heavy (non-hydrogen) atoms. The van der Waals surface area contributed by atoms with Crippen LogP contribution in [0.25, 0.3) is 10.9 Å². The van der Waals surface area contributed by atoms with Crippen molar-refractivity contribution in [1.82, 2.24) is 9.88 Å². The van der Waals surface area contributed by atoms with Crippen LogP contribution in [0.4, 0.5) is 0 Å². The van der Waals surface area contributed by atoms with E-state index in [-0.39, 0.29) is 5.91 Å². The molecule has 1 heterocycles. The fraction of sp³-hybridized carbons (Fsp3) is 0.412. The minimum absolute atomic E-state index is 0.121.